The molecule has 0 saturated carbocycles. The van der Waals surface area contributed by atoms with Gasteiger partial charge < -0.3 is 15.0 Å². The van der Waals surface area contributed by atoms with Crippen LogP contribution in [0.25, 0.3) is 0 Å². The molecule has 2 rings (SSSR count). The van der Waals surface area contributed by atoms with Crippen molar-refractivity contribution in [3.8, 4) is 5.75 Å². The molecule has 5 nitrogen and oxygen atoms in total. The monoisotopic (exact) mass is 318 g/mol. The van der Waals surface area contributed by atoms with E-state index in [4.69, 9.17) is 4.74 Å². The summed E-state index contributed by atoms with van der Waals surface area (Å²) in [6.45, 7) is 6.58. The fourth-order valence-electron chi connectivity index (χ4n) is 2.78. The molecule has 0 bridgehead atoms. The Morgan fingerprint density at radius 1 is 1.17 bits per heavy atom. The van der Waals surface area contributed by atoms with Crippen LogP contribution in [0.1, 0.15) is 43.5 Å². The summed E-state index contributed by atoms with van der Waals surface area (Å²) in [4.78, 5) is 26.3. The molecule has 0 atom stereocenters. The zero-order valence-electron chi connectivity index (χ0n) is 14.0. The number of rotatable bonds is 6. The van der Waals surface area contributed by atoms with Gasteiger partial charge in [0.15, 0.2) is 0 Å². The largest absolute Gasteiger partial charge is 0.494 e. The molecular weight excluding hydrogens is 292 g/mol. The molecule has 1 aliphatic rings. The maximum atomic E-state index is 12.5. The van der Waals surface area contributed by atoms with Gasteiger partial charge in [0, 0.05) is 31.1 Å². The third-order valence-electron chi connectivity index (χ3n) is 4.11. The van der Waals surface area contributed by atoms with Crippen molar-refractivity contribution in [1.29, 1.82) is 0 Å². The number of benzene rings is 1. The molecule has 1 aliphatic heterocycles. The fraction of sp³-hybridized carbons (Fsp3) is 0.556. The first kappa shape index (κ1) is 17.3. The van der Waals surface area contributed by atoms with Crippen LogP contribution in [-0.4, -0.2) is 43.0 Å². The van der Waals surface area contributed by atoms with E-state index in [2.05, 4.69) is 5.32 Å². The van der Waals surface area contributed by atoms with Gasteiger partial charge in [0.05, 0.1) is 6.61 Å². The molecule has 126 valence electrons. The van der Waals surface area contributed by atoms with Gasteiger partial charge in [-0.25, -0.2) is 0 Å². The van der Waals surface area contributed by atoms with Crippen molar-refractivity contribution >= 4 is 11.8 Å². The number of nitrogens with zero attached hydrogens (tertiary/aromatic N) is 1. The average molecular weight is 318 g/mol. The molecule has 1 heterocycles. The van der Waals surface area contributed by atoms with E-state index in [0.29, 0.717) is 25.3 Å². The number of amides is 2. The summed E-state index contributed by atoms with van der Waals surface area (Å²) in [5.41, 5.74) is 0.669. The minimum absolute atomic E-state index is 0.0282. The molecule has 23 heavy (non-hydrogen) atoms. The van der Waals surface area contributed by atoms with E-state index in [9.17, 15) is 9.59 Å². The maximum Gasteiger partial charge on any atom is 0.253 e. The zero-order valence-corrected chi connectivity index (χ0v) is 14.0. The number of piperidine rings is 1. The van der Waals surface area contributed by atoms with Gasteiger partial charge in [0.2, 0.25) is 5.91 Å². The van der Waals surface area contributed by atoms with Crippen LogP contribution >= 0.6 is 0 Å². The van der Waals surface area contributed by atoms with Crippen LogP contribution in [0.5, 0.6) is 5.75 Å². The van der Waals surface area contributed by atoms with E-state index in [-0.39, 0.29) is 17.7 Å². The van der Waals surface area contributed by atoms with Crippen LogP contribution in [-0.2, 0) is 4.79 Å². The van der Waals surface area contributed by atoms with Crippen LogP contribution in [0.4, 0.5) is 0 Å². The topological polar surface area (TPSA) is 58.6 Å². The van der Waals surface area contributed by atoms with Crippen LogP contribution in [0, 0.1) is 5.92 Å². The van der Waals surface area contributed by atoms with Crippen molar-refractivity contribution in [2.45, 2.75) is 33.1 Å². The molecule has 1 fully saturated rings. The second kappa shape index (κ2) is 8.56. The van der Waals surface area contributed by atoms with Crippen LogP contribution in [0.2, 0.25) is 0 Å². The van der Waals surface area contributed by atoms with Gasteiger partial charge in [-0.05, 0) is 50.5 Å². The SMILES string of the molecule is CCCNC(=O)C1CCN(C(=O)c2ccc(OCC)cc2)CC1. The normalized spacial score (nSPS) is 15.3. The third kappa shape index (κ3) is 4.71. The van der Waals surface area contributed by atoms with E-state index in [1.165, 1.54) is 0 Å². The lowest BCUT2D eigenvalue weighted by Crippen LogP contribution is -2.43. The molecule has 1 saturated heterocycles. The smallest absolute Gasteiger partial charge is 0.253 e. The van der Waals surface area contributed by atoms with E-state index in [1.807, 2.05) is 30.9 Å². The molecule has 0 aromatic heterocycles. The Morgan fingerprint density at radius 2 is 1.83 bits per heavy atom. The molecular formula is C18H26N2O3. The lowest BCUT2D eigenvalue weighted by molar-refractivity contribution is -0.126. The Morgan fingerprint density at radius 3 is 2.39 bits per heavy atom. The fourth-order valence-corrected chi connectivity index (χ4v) is 2.78. The first-order valence-corrected chi connectivity index (χ1v) is 8.45. The third-order valence-corrected chi connectivity index (χ3v) is 4.11. The zero-order chi connectivity index (χ0) is 16.7. The van der Waals surface area contributed by atoms with Crippen molar-refractivity contribution in [3.05, 3.63) is 29.8 Å². The Labute approximate surface area is 138 Å². The highest BCUT2D eigenvalue weighted by Crippen LogP contribution is 2.20. The maximum absolute atomic E-state index is 12.5. The summed E-state index contributed by atoms with van der Waals surface area (Å²) in [5, 5.41) is 2.94. The van der Waals surface area contributed by atoms with Crippen molar-refractivity contribution < 1.29 is 14.3 Å². The number of likely N-dealkylation sites (tertiary alicyclic amines) is 1. The minimum atomic E-state index is 0.0282. The Bertz CT molecular complexity index is 520. The molecule has 1 aromatic carbocycles. The van der Waals surface area contributed by atoms with Gasteiger partial charge in [-0.1, -0.05) is 6.92 Å². The van der Waals surface area contributed by atoms with Crippen LogP contribution in [0.15, 0.2) is 24.3 Å². The number of hydrogen-bond acceptors (Lipinski definition) is 3. The molecule has 0 unspecified atom stereocenters. The van der Waals surface area contributed by atoms with E-state index in [1.54, 1.807) is 12.1 Å². The number of hydrogen-bond donors (Lipinski definition) is 1. The standard InChI is InChI=1S/C18H26N2O3/c1-3-11-19-17(21)14-9-12-20(13-10-14)18(22)15-5-7-16(8-6-15)23-4-2/h5-8,14H,3-4,9-13H2,1-2H3,(H,19,21). The Balaban J connectivity index is 1.86. The number of ether oxygens (including phenoxy) is 1. The predicted octanol–water partition coefficient (Wildman–Crippen LogP) is 2.46. The van der Waals surface area contributed by atoms with Gasteiger partial charge in [-0.15, -0.1) is 0 Å². The highest BCUT2D eigenvalue weighted by Gasteiger charge is 2.27. The lowest BCUT2D eigenvalue weighted by Gasteiger charge is -2.31. The van der Waals surface area contributed by atoms with Gasteiger partial charge in [-0.2, -0.15) is 0 Å². The van der Waals surface area contributed by atoms with E-state index >= 15 is 0 Å². The highest BCUT2D eigenvalue weighted by atomic mass is 16.5. The van der Waals surface area contributed by atoms with Gasteiger partial charge in [0.25, 0.3) is 5.91 Å². The first-order valence-electron chi connectivity index (χ1n) is 8.45. The molecule has 2 amide bonds. The first-order chi connectivity index (χ1) is 11.2. The lowest BCUT2D eigenvalue weighted by atomic mass is 9.95. The van der Waals surface area contributed by atoms with Gasteiger partial charge >= 0.3 is 0 Å². The molecule has 0 aliphatic carbocycles. The quantitative estimate of drug-likeness (QED) is 0.876. The second-order valence-corrected chi connectivity index (χ2v) is 5.81. The number of carbonyl (C=O) groups is 2. The van der Waals surface area contributed by atoms with Crippen molar-refractivity contribution in [2.75, 3.05) is 26.2 Å². The summed E-state index contributed by atoms with van der Waals surface area (Å²) in [6, 6.07) is 7.24. The van der Waals surface area contributed by atoms with Crippen molar-refractivity contribution in [1.82, 2.24) is 10.2 Å². The number of carbonyl (C=O) groups excluding carboxylic acids is 2. The molecule has 5 heteroatoms. The Hall–Kier alpha value is -2.04. The van der Waals surface area contributed by atoms with Gasteiger partial charge in [-0.3, -0.25) is 9.59 Å². The second-order valence-electron chi connectivity index (χ2n) is 5.81. The predicted molar refractivity (Wildman–Crippen MR) is 89.5 cm³/mol. The molecule has 1 aromatic rings. The van der Waals surface area contributed by atoms with E-state index in [0.717, 1.165) is 31.6 Å². The van der Waals surface area contributed by atoms with Crippen LogP contribution in [0.3, 0.4) is 0 Å². The molecule has 1 N–H and O–H groups in total. The van der Waals surface area contributed by atoms with Crippen LogP contribution < -0.4 is 10.1 Å². The number of nitrogens with one attached hydrogen (secondary N) is 1. The summed E-state index contributed by atoms with van der Waals surface area (Å²) in [5.74, 6) is 0.960. The average Bonchev–Trinajstić information content (AvgIpc) is 2.60. The van der Waals surface area contributed by atoms with Crippen molar-refractivity contribution in [3.63, 3.8) is 0 Å². The van der Waals surface area contributed by atoms with E-state index < -0.39 is 0 Å². The Kier molecular flexibility index (Phi) is 6.44. The summed E-state index contributed by atoms with van der Waals surface area (Å²) >= 11 is 0. The highest BCUT2D eigenvalue weighted by molar-refractivity contribution is 5.94. The van der Waals surface area contributed by atoms with Crippen molar-refractivity contribution in [2.24, 2.45) is 5.92 Å². The summed E-state index contributed by atoms with van der Waals surface area (Å²) < 4.78 is 5.39. The summed E-state index contributed by atoms with van der Waals surface area (Å²) in [7, 11) is 0. The minimum Gasteiger partial charge on any atom is -0.494 e. The summed E-state index contributed by atoms with van der Waals surface area (Å²) in [6.07, 6.45) is 2.41. The van der Waals surface area contributed by atoms with Gasteiger partial charge in [0.1, 0.15) is 5.75 Å². The molecule has 0 spiro atoms. The molecule has 0 radical (unpaired) electrons.